The molecule has 1 fully saturated rings. The van der Waals surface area contributed by atoms with E-state index >= 15 is 0 Å². The van der Waals surface area contributed by atoms with Crippen LogP contribution in [-0.4, -0.2) is 23.2 Å². The lowest BCUT2D eigenvalue weighted by atomic mass is 10.3. The van der Waals surface area contributed by atoms with Crippen LogP contribution < -0.4 is 0 Å². The van der Waals surface area contributed by atoms with Crippen LogP contribution in [0, 0.1) is 0 Å². The van der Waals surface area contributed by atoms with E-state index in [4.69, 9.17) is 8.85 Å². The van der Waals surface area contributed by atoms with Gasteiger partial charge in [-0.05, 0) is 12.8 Å². The van der Waals surface area contributed by atoms with Crippen molar-refractivity contribution in [1.82, 2.24) is 0 Å². The topological polar surface area (TPSA) is 18.5 Å². The number of hydrogen-bond donors (Lipinski definition) is 0. The lowest BCUT2D eigenvalue weighted by Gasteiger charge is -1.89. The smallest absolute Gasteiger partial charge is 0.393 e. The maximum absolute atomic E-state index is 5.00. The van der Waals surface area contributed by atoms with Crippen molar-refractivity contribution in [3.05, 3.63) is 0 Å². The van der Waals surface area contributed by atoms with Crippen LogP contribution in [0.15, 0.2) is 0 Å². The van der Waals surface area contributed by atoms with Gasteiger partial charge in [-0.1, -0.05) is 0 Å². The summed E-state index contributed by atoms with van der Waals surface area (Å²) in [6.07, 6.45) is 2.32. The minimum atomic E-state index is 0.295. The maximum Gasteiger partial charge on any atom is 0.433 e. The van der Waals surface area contributed by atoms with E-state index in [-0.39, 0.29) is 0 Å². The van der Waals surface area contributed by atoms with Gasteiger partial charge in [0.1, 0.15) is 0 Å². The molecule has 0 saturated carbocycles. The molecule has 0 amide bonds. The van der Waals surface area contributed by atoms with Crippen molar-refractivity contribution < 1.29 is 8.85 Å². The van der Waals surface area contributed by atoms with Gasteiger partial charge in [-0.2, -0.15) is 0 Å². The molecule has 0 spiro atoms. The van der Waals surface area contributed by atoms with Crippen LogP contribution in [0.4, 0.5) is 0 Å². The molecule has 0 aliphatic carbocycles. The van der Waals surface area contributed by atoms with E-state index in [1.165, 1.54) is 0 Å². The molecule has 2 nitrogen and oxygen atoms in total. The molecule has 40 valence electrons. The third kappa shape index (κ3) is 2.06. The summed E-state index contributed by atoms with van der Waals surface area (Å²) in [7, 11) is 0.295. The summed E-state index contributed by atoms with van der Waals surface area (Å²) in [5.41, 5.74) is 0. The molecule has 1 saturated heterocycles. The fraction of sp³-hybridized carbons (Fsp3) is 1.00. The van der Waals surface area contributed by atoms with Crippen molar-refractivity contribution in [2.75, 3.05) is 13.2 Å². The van der Waals surface area contributed by atoms with Crippen LogP contribution >= 0.6 is 0 Å². The Morgan fingerprint density at radius 2 is 1.57 bits per heavy atom. The zero-order valence-electron chi connectivity index (χ0n) is 4.14. The number of rotatable bonds is 0. The lowest BCUT2D eigenvalue weighted by Crippen LogP contribution is -1.99. The van der Waals surface area contributed by atoms with Crippen molar-refractivity contribution in [3.63, 3.8) is 0 Å². The normalized spacial score (nSPS) is 24.0. The van der Waals surface area contributed by atoms with E-state index in [0.29, 0.717) is 10.0 Å². The van der Waals surface area contributed by atoms with Crippen molar-refractivity contribution in [3.8, 4) is 0 Å². The Labute approximate surface area is 45.9 Å². The second-order valence-electron chi connectivity index (χ2n) is 1.49. The summed E-state index contributed by atoms with van der Waals surface area (Å²) in [6, 6.07) is 0. The Morgan fingerprint density at radius 1 is 1.00 bits per heavy atom. The highest BCUT2D eigenvalue weighted by molar-refractivity contribution is 6.17. The maximum atomic E-state index is 5.00. The predicted molar refractivity (Wildman–Crippen MR) is 26.9 cm³/mol. The van der Waals surface area contributed by atoms with Crippen LogP contribution in [0.2, 0.25) is 0 Å². The first-order valence-corrected chi connectivity index (χ1v) is 3.30. The largest absolute Gasteiger partial charge is 0.433 e. The highest BCUT2D eigenvalue weighted by Crippen LogP contribution is 1.94. The molecule has 0 unspecified atom stereocenters. The van der Waals surface area contributed by atoms with Gasteiger partial charge in [0.25, 0.3) is 0 Å². The van der Waals surface area contributed by atoms with Crippen LogP contribution in [0.25, 0.3) is 0 Å². The van der Waals surface area contributed by atoms with Gasteiger partial charge in [-0.3, -0.25) is 0 Å². The Balaban J connectivity index is 2.04. The van der Waals surface area contributed by atoms with Crippen molar-refractivity contribution in [2.45, 2.75) is 12.8 Å². The molecule has 0 aromatic heterocycles. The van der Waals surface area contributed by atoms with Gasteiger partial charge in [0, 0.05) is 13.2 Å². The first kappa shape index (κ1) is 5.28. The predicted octanol–water partition coefficient (Wildman–Crippen LogP) is 0.348. The second-order valence-corrected chi connectivity index (χ2v) is 2.23. The van der Waals surface area contributed by atoms with Crippen molar-refractivity contribution in [1.29, 1.82) is 0 Å². The van der Waals surface area contributed by atoms with E-state index < -0.39 is 0 Å². The highest BCUT2D eigenvalue weighted by Gasteiger charge is 1.98. The third-order valence-electron chi connectivity index (χ3n) is 0.861. The van der Waals surface area contributed by atoms with Crippen molar-refractivity contribution in [2.24, 2.45) is 0 Å². The molecule has 0 aromatic carbocycles. The van der Waals surface area contributed by atoms with Gasteiger partial charge in [0.15, 0.2) is 0 Å². The lowest BCUT2D eigenvalue weighted by molar-refractivity contribution is 0.263. The zero-order valence-corrected chi connectivity index (χ0v) is 5.14. The molecule has 7 heavy (non-hydrogen) atoms. The Kier molecular flexibility index (Phi) is 2.40. The molecular weight excluding hydrogens is 108 g/mol. The van der Waals surface area contributed by atoms with Gasteiger partial charge in [-0.25, -0.2) is 0 Å². The standard InChI is InChI=1S/C4H8O2Si/c1-2-4-6-7-5-3-1/h1-4H2. The molecule has 2 radical (unpaired) electrons. The molecule has 1 heterocycles. The van der Waals surface area contributed by atoms with Crippen LogP contribution in [-0.2, 0) is 8.85 Å². The van der Waals surface area contributed by atoms with Gasteiger partial charge >= 0.3 is 10.0 Å². The Morgan fingerprint density at radius 3 is 2.14 bits per heavy atom. The summed E-state index contributed by atoms with van der Waals surface area (Å²) < 4.78 is 10.0. The summed E-state index contributed by atoms with van der Waals surface area (Å²) in [6.45, 7) is 1.77. The van der Waals surface area contributed by atoms with Gasteiger partial charge in [-0.15, -0.1) is 0 Å². The molecule has 0 atom stereocenters. The van der Waals surface area contributed by atoms with E-state index in [1.54, 1.807) is 0 Å². The average molecular weight is 116 g/mol. The molecular formula is C4H8O2Si. The minimum absolute atomic E-state index is 0.295. The summed E-state index contributed by atoms with van der Waals surface area (Å²) in [5, 5.41) is 0. The monoisotopic (exact) mass is 116 g/mol. The molecule has 3 heteroatoms. The van der Waals surface area contributed by atoms with Crippen molar-refractivity contribution >= 4 is 10.0 Å². The van der Waals surface area contributed by atoms with E-state index in [9.17, 15) is 0 Å². The molecule has 0 aromatic rings. The SMILES string of the molecule is C1CCO[Si]OC1. The van der Waals surface area contributed by atoms with E-state index in [0.717, 1.165) is 26.1 Å². The van der Waals surface area contributed by atoms with Gasteiger partial charge < -0.3 is 8.85 Å². The zero-order chi connectivity index (χ0) is 4.95. The van der Waals surface area contributed by atoms with Gasteiger partial charge in [0.05, 0.1) is 0 Å². The fourth-order valence-electron chi connectivity index (χ4n) is 0.473. The first-order valence-electron chi connectivity index (χ1n) is 2.49. The van der Waals surface area contributed by atoms with Crippen LogP contribution in [0.1, 0.15) is 12.8 Å². The molecule has 0 bridgehead atoms. The summed E-state index contributed by atoms with van der Waals surface area (Å²) >= 11 is 0. The summed E-state index contributed by atoms with van der Waals surface area (Å²) in [5.74, 6) is 0. The Bertz CT molecular complexity index is 29.3. The Hall–Kier alpha value is 0.137. The van der Waals surface area contributed by atoms with E-state index in [1.807, 2.05) is 0 Å². The molecule has 1 aliphatic rings. The molecule has 0 N–H and O–H groups in total. The summed E-state index contributed by atoms with van der Waals surface area (Å²) in [4.78, 5) is 0. The second kappa shape index (κ2) is 3.18. The number of hydrogen-bond acceptors (Lipinski definition) is 2. The quantitative estimate of drug-likeness (QED) is 0.425. The molecule has 1 aliphatic heterocycles. The third-order valence-corrected chi connectivity index (χ3v) is 1.50. The van der Waals surface area contributed by atoms with Crippen LogP contribution in [0.3, 0.4) is 0 Å². The van der Waals surface area contributed by atoms with E-state index in [2.05, 4.69) is 0 Å². The fourth-order valence-corrected chi connectivity index (χ4v) is 1.01. The van der Waals surface area contributed by atoms with Gasteiger partial charge in [0.2, 0.25) is 0 Å². The average Bonchev–Trinajstić information content (AvgIpc) is 1.90. The van der Waals surface area contributed by atoms with Crippen LogP contribution in [0.5, 0.6) is 0 Å². The first-order chi connectivity index (χ1) is 3.50. The molecule has 1 rings (SSSR count). The minimum Gasteiger partial charge on any atom is -0.393 e. The highest BCUT2D eigenvalue weighted by atomic mass is 28.3.